The first kappa shape index (κ1) is 22.1. The summed E-state index contributed by atoms with van der Waals surface area (Å²) in [6.07, 6.45) is 1.65. The number of non-ortho nitro benzene ring substituents is 1. The lowest BCUT2D eigenvalue weighted by atomic mass is 10.1. The van der Waals surface area contributed by atoms with E-state index in [1.54, 1.807) is 24.3 Å². The fourth-order valence-electron chi connectivity index (χ4n) is 2.81. The van der Waals surface area contributed by atoms with Crippen LogP contribution in [-0.4, -0.2) is 28.4 Å². The number of thiocarbonyl (C=S) groups is 1. The second kappa shape index (κ2) is 9.46. The molecule has 1 aliphatic rings. The lowest BCUT2D eigenvalue weighted by Crippen LogP contribution is -2.27. The number of nitro benzene ring substituents is 1. The summed E-state index contributed by atoms with van der Waals surface area (Å²) < 4.78 is 11.5. The number of anilines is 1. The molecule has 1 heterocycles. The molecule has 0 radical (unpaired) electrons. The number of amides is 1. The third-order valence-electron chi connectivity index (χ3n) is 4.01. The maximum absolute atomic E-state index is 13.0. The minimum absolute atomic E-state index is 0.120. The molecule has 156 valence electrons. The number of carbonyl (C=O) groups excluding carboxylic acids is 1. The number of carbonyl (C=O) groups is 1. The Morgan fingerprint density at radius 1 is 1.23 bits per heavy atom. The molecule has 1 fully saturated rings. The largest absolute Gasteiger partial charge is 0.490 e. The summed E-state index contributed by atoms with van der Waals surface area (Å²) >= 11 is 12.8. The average Bonchev–Trinajstić information content (AvgIpc) is 2.98. The highest BCUT2D eigenvalue weighted by Crippen LogP contribution is 2.40. The lowest BCUT2D eigenvalue weighted by molar-refractivity contribution is -0.384. The molecule has 0 atom stereocenters. The smallest absolute Gasteiger partial charge is 0.271 e. The summed E-state index contributed by atoms with van der Waals surface area (Å²) in [5.74, 6) is 0.558. The molecule has 0 bridgehead atoms. The Balaban J connectivity index is 1.96. The van der Waals surface area contributed by atoms with Gasteiger partial charge in [-0.1, -0.05) is 41.6 Å². The first-order valence-electron chi connectivity index (χ1n) is 8.97. The maximum atomic E-state index is 13.0. The number of benzene rings is 2. The van der Waals surface area contributed by atoms with Crippen LogP contribution in [0.15, 0.2) is 41.3 Å². The summed E-state index contributed by atoms with van der Waals surface area (Å²) in [6, 6.07) is 9.19. The van der Waals surface area contributed by atoms with Gasteiger partial charge < -0.3 is 9.47 Å². The van der Waals surface area contributed by atoms with Gasteiger partial charge in [-0.05, 0) is 43.7 Å². The fourth-order valence-corrected chi connectivity index (χ4v) is 4.38. The zero-order valence-corrected chi connectivity index (χ0v) is 18.5. The fraction of sp³-hybridized carbons (Fsp3) is 0.200. The molecule has 1 saturated heterocycles. The van der Waals surface area contributed by atoms with Crippen molar-refractivity contribution in [3.63, 3.8) is 0 Å². The van der Waals surface area contributed by atoms with Gasteiger partial charge in [-0.2, -0.15) is 0 Å². The number of nitrogens with zero attached hydrogens (tertiary/aromatic N) is 2. The molecule has 2 aromatic rings. The highest BCUT2D eigenvalue weighted by Gasteiger charge is 2.34. The van der Waals surface area contributed by atoms with E-state index in [4.69, 9.17) is 33.3 Å². The van der Waals surface area contributed by atoms with Crippen molar-refractivity contribution in [3.8, 4) is 11.5 Å². The zero-order valence-electron chi connectivity index (χ0n) is 16.1. The lowest BCUT2D eigenvalue weighted by Gasteiger charge is -2.14. The van der Waals surface area contributed by atoms with E-state index in [-0.39, 0.29) is 15.9 Å². The van der Waals surface area contributed by atoms with Crippen molar-refractivity contribution >= 4 is 63.3 Å². The molecule has 10 heteroatoms. The van der Waals surface area contributed by atoms with Crippen LogP contribution >= 0.6 is 35.6 Å². The van der Waals surface area contributed by atoms with Gasteiger partial charge in [0.1, 0.15) is 0 Å². The molecule has 0 saturated carbocycles. The first-order chi connectivity index (χ1) is 14.3. The van der Waals surface area contributed by atoms with E-state index in [1.165, 1.54) is 23.1 Å². The van der Waals surface area contributed by atoms with Crippen LogP contribution in [0, 0.1) is 10.1 Å². The standard InChI is InChI=1S/C20H17ClN2O5S2/c1-3-27-16-9-12(8-15(21)18(16)28-4-2)10-17-19(24)22(20(29)30-17)13-6-5-7-14(11-13)23(25)26/h5-11H,3-4H2,1-2H3/b17-10-. The van der Waals surface area contributed by atoms with Crippen molar-refractivity contribution in [2.75, 3.05) is 18.1 Å². The topological polar surface area (TPSA) is 81.9 Å². The Kier molecular flexibility index (Phi) is 6.96. The molecule has 1 amide bonds. The highest BCUT2D eigenvalue weighted by atomic mass is 35.5. The molecule has 0 unspecified atom stereocenters. The van der Waals surface area contributed by atoms with Gasteiger partial charge in [0.15, 0.2) is 15.8 Å². The summed E-state index contributed by atoms with van der Waals surface area (Å²) in [5.41, 5.74) is 0.867. The van der Waals surface area contributed by atoms with Crippen LogP contribution in [0.2, 0.25) is 5.02 Å². The Morgan fingerprint density at radius 2 is 1.97 bits per heavy atom. The maximum Gasteiger partial charge on any atom is 0.271 e. The van der Waals surface area contributed by atoms with E-state index < -0.39 is 4.92 Å². The monoisotopic (exact) mass is 464 g/mol. The van der Waals surface area contributed by atoms with Gasteiger partial charge in [-0.3, -0.25) is 19.8 Å². The molecule has 0 aliphatic carbocycles. The number of nitro groups is 1. The van der Waals surface area contributed by atoms with E-state index in [0.717, 1.165) is 11.8 Å². The normalized spacial score (nSPS) is 15.0. The molecule has 0 N–H and O–H groups in total. The quantitative estimate of drug-likeness (QED) is 0.233. The Bertz CT molecular complexity index is 1060. The van der Waals surface area contributed by atoms with Crippen LogP contribution in [0.1, 0.15) is 19.4 Å². The van der Waals surface area contributed by atoms with E-state index in [9.17, 15) is 14.9 Å². The molecule has 1 aliphatic heterocycles. The summed E-state index contributed by atoms with van der Waals surface area (Å²) in [6.45, 7) is 4.55. The van der Waals surface area contributed by atoms with Crippen molar-refractivity contribution in [2.45, 2.75) is 13.8 Å². The van der Waals surface area contributed by atoms with Crippen molar-refractivity contribution < 1.29 is 19.2 Å². The molecular formula is C20H17ClN2O5S2. The van der Waals surface area contributed by atoms with E-state index in [2.05, 4.69) is 0 Å². The molecule has 0 spiro atoms. The van der Waals surface area contributed by atoms with Gasteiger partial charge in [-0.25, -0.2) is 0 Å². The van der Waals surface area contributed by atoms with Gasteiger partial charge in [0.2, 0.25) is 0 Å². The number of rotatable bonds is 7. The van der Waals surface area contributed by atoms with Gasteiger partial charge in [0.25, 0.3) is 11.6 Å². The Labute approximate surface area is 187 Å². The molecule has 7 nitrogen and oxygen atoms in total. The van der Waals surface area contributed by atoms with Crippen molar-refractivity contribution in [2.24, 2.45) is 0 Å². The predicted octanol–water partition coefficient (Wildman–Crippen LogP) is 5.45. The minimum Gasteiger partial charge on any atom is -0.490 e. The number of hydrogen-bond donors (Lipinski definition) is 0. The number of ether oxygens (including phenoxy) is 2. The van der Waals surface area contributed by atoms with Crippen molar-refractivity contribution in [1.82, 2.24) is 0 Å². The first-order valence-corrected chi connectivity index (χ1v) is 10.6. The van der Waals surface area contributed by atoms with Crippen LogP contribution < -0.4 is 14.4 Å². The Hall–Kier alpha value is -2.62. The van der Waals surface area contributed by atoms with Gasteiger partial charge in [0, 0.05) is 12.1 Å². The molecule has 2 aromatic carbocycles. The van der Waals surface area contributed by atoms with Crippen LogP contribution in [0.5, 0.6) is 11.5 Å². The number of hydrogen-bond acceptors (Lipinski definition) is 7. The predicted molar refractivity (Wildman–Crippen MR) is 123 cm³/mol. The van der Waals surface area contributed by atoms with Crippen molar-refractivity contribution in [1.29, 1.82) is 0 Å². The summed E-state index contributed by atoms with van der Waals surface area (Å²) in [4.78, 5) is 25.1. The van der Waals surface area contributed by atoms with Crippen LogP contribution in [0.4, 0.5) is 11.4 Å². The third kappa shape index (κ3) is 4.58. The highest BCUT2D eigenvalue weighted by molar-refractivity contribution is 8.27. The van der Waals surface area contributed by atoms with E-state index >= 15 is 0 Å². The van der Waals surface area contributed by atoms with Crippen molar-refractivity contribution in [3.05, 3.63) is 62.0 Å². The Morgan fingerprint density at radius 3 is 2.63 bits per heavy atom. The summed E-state index contributed by atoms with van der Waals surface area (Å²) in [5, 5.41) is 11.4. The molecular weight excluding hydrogens is 448 g/mol. The average molecular weight is 465 g/mol. The zero-order chi connectivity index (χ0) is 21.8. The second-order valence-corrected chi connectivity index (χ2v) is 8.07. The van der Waals surface area contributed by atoms with Gasteiger partial charge in [0.05, 0.1) is 33.8 Å². The second-order valence-electron chi connectivity index (χ2n) is 5.99. The molecule has 0 aromatic heterocycles. The van der Waals surface area contributed by atoms with Gasteiger partial charge >= 0.3 is 0 Å². The van der Waals surface area contributed by atoms with E-state index in [1.807, 2.05) is 13.8 Å². The summed E-state index contributed by atoms with van der Waals surface area (Å²) in [7, 11) is 0. The van der Waals surface area contributed by atoms with Crippen LogP contribution in [-0.2, 0) is 4.79 Å². The molecule has 30 heavy (non-hydrogen) atoms. The number of halogens is 1. The number of thioether (sulfide) groups is 1. The third-order valence-corrected chi connectivity index (χ3v) is 5.59. The van der Waals surface area contributed by atoms with Crippen LogP contribution in [0.25, 0.3) is 6.08 Å². The van der Waals surface area contributed by atoms with Crippen LogP contribution in [0.3, 0.4) is 0 Å². The SMILES string of the molecule is CCOc1cc(/C=C2\SC(=S)N(c3cccc([N+](=O)[O-])c3)C2=O)cc(Cl)c1OCC. The molecule has 3 rings (SSSR count). The van der Waals surface area contributed by atoms with Gasteiger partial charge in [-0.15, -0.1) is 0 Å². The van der Waals surface area contributed by atoms with E-state index in [0.29, 0.717) is 45.9 Å². The minimum atomic E-state index is -0.520.